The first-order valence-corrected chi connectivity index (χ1v) is 5.84. The molecule has 2 amide bonds. The zero-order valence-corrected chi connectivity index (χ0v) is 10.0. The first-order valence-electron chi connectivity index (χ1n) is 5.84. The van der Waals surface area contributed by atoms with Crippen molar-refractivity contribution in [3.8, 4) is 0 Å². The summed E-state index contributed by atoms with van der Waals surface area (Å²) in [6, 6.07) is 4.46. The molecule has 1 fully saturated rings. The summed E-state index contributed by atoms with van der Waals surface area (Å²) in [5, 5.41) is 2.61. The van der Waals surface area contributed by atoms with Crippen LogP contribution in [-0.2, 0) is 9.59 Å². The average molecular weight is 250 g/mol. The Hall–Kier alpha value is -1.91. The smallest absolute Gasteiger partial charge is 0.244 e. The topological polar surface area (TPSA) is 72.2 Å². The third kappa shape index (κ3) is 2.67. The van der Waals surface area contributed by atoms with Gasteiger partial charge < -0.3 is 11.1 Å². The van der Waals surface area contributed by atoms with Crippen LogP contribution in [0, 0.1) is 17.7 Å². The molecule has 0 saturated heterocycles. The van der Waals surface area contributed by atoms with Crippen molar-refractivity contribution in [1.82, 2.24) is 5.32 Å². The Balaban J connectivity index is 2.11. The Kier molecular flexibility index (Phi) is 3.32. The third-order valence-electron chi connectivity index (χ3n) is 3.22. The number of carbonyl (C=O) groups is 2. The Morgan fingerprint density at radius 1 is 1.39 bits per heavy atom. The van der Waals surface area contributed by atoms with Crippen LogP contribution < -0.4 is 11.1 Å². The molecule has 1 aromatic rings. The lowest BCUT2D eigenvalue weighted by Crippen LogP contribution is -2.38. The molecule has 18 heavy (non-hydrogen) atoms. The zero-order chi connectivity index (χ0) is 13.3. The van der Waals surface area contributed by atoms with Crippen molar-refractivity contribution >= 4 is 11.8 Å². The van der Waals surface area contributed by atoms with E-state index in [0.29, 0.717) is 11.5 Å². The summed E-state index contributed by atoms with van der Waals surface area (Å²) in [6.07, 6.45) is 0.834. The lowest BCUT2D eigenvalue weighted by molar-refractivity contribution is -0.128. The van der Waals surface area contributed by atoms with E-state index in [1.54, 1.807) is 0 Å². The van der Waals surface area contributed by atoms with Gasteiger partial charge in [0.15, 0.2) is 0 Å². The third-order valence-corrected chi connectivity index (χ3v) is 3.22. The van der Waals surface area contributed by atoms with Crippen LogP contribution in [0.2, 0.25) is 0 Å². The predicted octanol–water partition coefficient (Wildman–Crippen LogP) is 1.12. The molecule has 1 aliphatic carbocycles. The van der Waals surface area contributed by atoms with Crippen LogP contribution >= 0.6 is 0 Å². The van der Waals surface area contributed by atoms with Crippen molar-refractivity contribution in [2.75, 3.05) is 0 Å². The zero-order valence-electron chi connectivity index (χ0n) is 10.0. The molecule has 0 radical (unpaired) electrons. The molecule has 1 aromatic carbocycles. The highest BCUT2D eigenvalue weighted by Gasteiger charge is 2.40. The fourth-order valence-corrected chi connectivity index (χ4v) is 1.91. The van der Waals surface area contributed by atoms with Gasteiger partial charge in [-0.2, -0.15) is 0 Å². The molecule has 5 heteroatoms. The van der Waals surface area contributed by atoms with E-state index in [4.69, 9.17) is 5.73 Å². The molecule has 0 heterocycles. The maximum Gasteiger partial charge on any atom is 0.244 e. The van der Waals surface area contributed by atoms with E-state index in [2.05, 4.69) is 5.32 Å². The van der Waals surface area contributed by atoms with Gasteiger partial charge in [0, 0.05) is 5.92 Å². The van der Waals surface area contributed by atoms with Gasteiger partial charge in [-0.05, 0) is 30.0 Å². The summed E-state index contributed by atoms with van der Waals surface area (Å²) in [7, 11) is 0. The molecule has 1 aliphatic rings. The number of rotatable bonds is 4. The van der Waals surface area contributed by atoms with Gasteiger partial charge in [-0.1, -0.05) is 19.1 Å². The minimum atomic E-state index is -0.897. The van der Waals surface area contributed by atoms with Gasteiger partial charge in [0.05, 0.1) is 0 Å². The van der Waals surface area contributed by atoms with Gasteiger partial charge in [-0.3, -0.25) is 9.59 Å². The van der Waals surface area contributed by atoms with Gasteiger partial charge in [0.25, 0.3) is 0 Å². The molecule has 0 spiro atoms. The maximum absolute atomic E-state index is 12.8. The van der Waals surface area contributed by atoms with Crippen molar-refractivity contribution < 1.29 is 14.0 Å². The van der Waals surface area contributed by atoms with Crippen molar-refractivity contribution in [3.05, 3.63) is 35.6 Å². The standard InChI is InChI=1S/C13H15FN2O2/c1-7-6-10(7)13(18)16-11(12(15)17)8-2-4-9(14)5-3-8/h2-5,7,10-11H,6H2,1H3,(H2,15,17)(H,16,18). The summed E-state index contributed by atoms with van der Waals surface area (Å²) in [5.41, 5.74) is 5.75. The molecule has 3 atom stereocenters. The molecule has 0 aliphatic heterocycles. The normalized spacial score (nSPS) is 23.2. The molecule has 1 saturated carbocycles. The summed E-state index contributed by atoms with van der Waals surface area (Å²) in [6.45, 7) is 1.97. The first-order chi connectivity index (χ1) is 8.49. The lowest BCUT2D eigenvalue weighted by Gasteiger charge is -2.15. The van der Waals surface area contributed by atoms with E-state index >= 15 is 0 Å². The number of primary amides is 1. The minimum Gasteiger partial charge on any atom is -0.368 e. The van der Waals surface area contributed by atoms with Crippen molar-refractivity contribution in [2.24, 2.45) is 17.6 Å². The SMILES string of the molecule is CC1CC1C(=O)NC(C(N)=O)c1ccc(F)cc1. The molecule has 4 nitrogen and oxygen atoms in total. The lowest BCUT2D eigenvalue weighted by atomic mass is 10.1. The number of halogens is 1. The van der Waals surface area contributed by atoms with Crippen LogP contribution in [0.5, 0.6) is 0 Å². The number of nitrogens with two attached hydrogens (primary N) is 1. The summed E-state index contributed by atoms with van der Waals surface area (Å²) in [4.78, 5) is 23.1. The first kappa shape index (κ1) is 12.5. The van der Waals surface area contributed by atoms with Crippen molar-refractivity contribution in [1.29, 1.82) is 0 Å². The van der Waals surface area contributed by atoms with Crippen LogP contribution in [0.1, 0.15) is 24.9 Å². The molecule has 0 aromatic heterocycles. The second kappa shape index (κ2) is 4.76. The maximum atomic E-state index is 12.8. The molecule has 96 valence electrons. The van der Waals surface area contributed by atoms with Crippen molar-refractivity contribution in [3.63, 3.8) is 0 Å². The van der Waals surface area contributed by atoms with E-state index in [9.17, 15) is 14.0 Å². The van der Waals surface area contributed by atoms with E-state index in [-0.39, 0.29) is 11.8 Å². The number of amides is 2. The largest absolute Gasteiger partial charge is 0.368 e. The highest BCUT2D eigenvalue weighted by Crippen LogP contribution is 2.38. The van der Waals surface area contributed by atoms with Gasteiger partial charge in [0.2, 0.25) is 11.8 Å². The quantitative estimate of drug-likeness (QED) is 0.840. The Bertz CT molecular complexity index is 472. The van der Waals surface area contributed by atoms with Crippen LogP contribution in [0.15, 0.2) is 24.3 Å². The van der Waals surface area contributed by atoms with E-state index in [1.807, 2.05) is 6.92 Å². The average Bonchev–Trinajstić information content (AvgIpc) is 3.04. The number of carbonyl (C=O) groups excluding carboxylic acids is 2. The summed E-state index contributed by atoms with van der Waals surface area (Å²) >= 11 is 0. The number of benzene rings is 1. The minimum absolute atomic E-state index is 0.0349. The van der Waals surface area contributed by atoms with Crippen LogP contribution in [0.3, 0.4) is 0 Å². The number of hydrogen-bond acceptors (Lipinski definition) is 2. The predicted molar refractivity (Wildman–Crippen MR) is 63.7 cm³/mol. The fourth-order valence-electron chi connectivity index (χ4n) is 1.91. The summed E-state index contributed by atoms with van der Waals surface area (Å²) < 4.78 is 12.8. The van der Waals surface area contributed by atoms with Crippen LogP contribution in [0.4, 0.5) is 4.39 Å². The molecule has 2 rings (SSSR count). The van der Waals surface area contributed by atoms with Gasteiger partial charge in [0.1, 0.15) is 11.9 Å². The molecule has 3 N–H and O–H groups in total. The Morgan fingerprint density at radius 2 is 1.94 bits per heavy atom. The van der Waals surface area contributed by atoms with Gasteiger partial charge in [-0.15, -0.1) is 0 Å². The van der Waals surface area contributed by atoms with E-state index in [0.717, 1.165) is 6.42 Å². The molecule has 3 unspecified atom stereocenters. The second-order valence-electron chi connectivity index (χ2n) is 4.72. The van der Waals surface area contributed by atoms with Crippen LogP contribution in [0.25, 0.3) is 0 Å². The van der Waals surface area contributed by atoms with Crippen LogP contribution in [-0.4, -0.2) is 11.8 Å². The van der Waals surface area contributed by atoms with Crippen molar-refractivity contribution in [2.45, 2.75) is 19.4 Å². The summed E-state index contributed by atoms with van der Waals surface area (Å²) in [5.74, 6) is -0.901. The Morgan fingerprint density at radius 3 is 2.39 bits per heavy atom. The number of nitrogens with one attached hydrogen (secondary N) is 1. The van der Waals surface area contributed by atoms with E-state index < -0.39 is 17.8 Å². The fraction of sp³-hybridized carbons (Fsp3) is 0.385. The molecular weight excluding hydrogens is 235 g/mol. The highest BCUT2D eigenvalue weighted by atomic mass is 19.1. The Labute approximate surface area is 104 Å². The van der Waals surface area contributed by atoms with Gasteiger partial charge in [-0.25, -0.2) is 4.39 Å². The second-order valence-corrected chi connectivity index (χ2v) is 4.72. The monoisotopic (exact) mass is 250 g/mol. The van der Waals surface area contributed by atoms with E-state index in [1.165, 1.54) is 24.3 Å². The molecular formula is C13H15FN2O2. The highest BCUT2D eigenvalue weighted by molar-refractivity contribution is 5.89. The number of hydrogen-bond donors (Lipinski definition) is 2. The van der Waals surface area contributed by atoms with Gasteiger partial charge >= 0.3 is 0 Å². The molecule has 0 bridgehead atoms.